The predicted octanol–water partition coefficient (Wildman–Crippen LogP) is 8.94. The van der Waals surface area contributed by atoms with Crippen LogP contribution in [-0.4, -0.2) is 30.5 Å². The first-order valence-electron chi connectivity index (χ1n) is 13.6. The van der Waals surface area contributed by atoms with Crippen LogP contribution in [0.25, 0.3) is 0 Å². The largest absolute Gasteiger partial charge is 0.375 e. The van der Waals surface area contributed by atoms with E-state index in [9.17, 15) is 0 Å². The highest BCUT2D eigenvalue weighted by Gasteiger charge is 2.35. The van der Waals surface area contributed by atoms with E-state index in [0.29, 0.717) is 24.5 Å². The van der Waals surface area contributed by atoms with E-state index in [1.165, 1.54) is 24.0 Å². The van der Waals surface area contributed by atoms with E-state index in [2.05, 4.69) is 93.5 Å². The highest BCUT2D eigenvalue weighted by atomic mass is 16.6. The summed E-state index contributed by atoms with van der Waals surface area (Å²) in [5.74, 6) is 0.505. The van der Waals surface area contributed by atoms with Crippen molar-refractivity contribution in [1.82, 2.24) is 0 Å². The quantitative estimate of drug-likeness (QED) is 0.337. The van der Waals surface area contributed by atoms with Crippen molar-refractivity contribution in [2.45, 2.75) is 139 Å². The van der Waals surface area contributed by atoms with E-state index in [-0.39, 0.29) is 22.7 Å². The Kier molecular flexibility index (Phi) is 11.8. The normalized spacial score (nSPS) is 18.8. The van der Waals surface area contributed by atoms with Gasteiger partial charge in [-0.2, -0.15) is 0 Å². The maximum atomic E-state index is 6.30. The lowest BCUT2D eigenvalue weighted by Crippen LogP contribution is -2.46. The summed E-state index contributed by atoms with van der Waals surface area (Å²) >= 11 is 0. The predicted molar refractivity (Wildman–Crippen MR) is 147 cm³/mol. The summed E-state index contributed by atoms with van der Waals surface area (Å²) in [7, 11) is 0. The molecule has 0 aromatic heterocycles. The molecule has 198 valence electrons. The van der Waals surface area contributed by atoms with Crippen molar-refractivity contribution in [3.8, 4) is 0 Å². The molecule has 0 aliphatic carbocycles. The standard InChI is InChI=1S/C29H50O3.C2H6/c1-22(27(5,6)20-26(2,3)4)24-16-14-23(15-17-24)19-31-28(7,8)21-32-29(9,10)25-13-11-12-18-30-25;1-2/h14-17,22,25H,11-13,18-21H2,1-10H3;1-2H3. The molecular formula is C31H56O3. The first-order chi connectivity index (χ1) is 15.6. The zero-order chi connectivity index (χ0) is 26.2. The van der Waals surface area contributed by atoms with E-state index >= 15 is 0 Å². The van der Waals surface area contributed by atoms with E-state index in [4.69, 9.17) is 14.2 Å². The molecule has 1 saturated heterocycles. The topological polar surface area (TPSA) is 27.7 Å². The second-order valence-corrected chi connectivity index (χ2v) is 13.0. The lowest BCUT2D eigenvalue weighted by Gasteiger charge is -2.39. The van der Waals surface area contributed by atoms with Gasteiger partial charge in [-0.1, -0.05) is 79.7 Å². The summed E-state index contributed by atoms with van der Waals surface area (Å²) in [4.78, 5) is 0. The minimum absolute atomic E-state index is 0.170. The molecule has 0 spiro atoms. The fraction of sp³-hybridized carbons (Fsp3) is 0.806. The second kappa shape index (κ2) is 12.9. The SMILES string of the molecule is CC.CC(c1ccc(COC(C)(C)COC(C)(C)C2CCCCO2)cc1)C(C)(C)CC(C)(C)C. The molecule has 1 aliphatic heterocycles. The minimum Gasteiger partial charge on any atom is -0.375 e. The average Bonchev–Trinajstić information content (AvgIpc) is 2.77. The lowest BCUT2D eigenvalue weighted by atomic mass is 9.67. The zero-order valence-electron chi connectivity index (χ0n) is 24.6. The smallest absolute Gasteiger partial charge is 0.0888 e. The van der Waals surface area contributed by atoms with Gasteiger partial charge >= 0.3 is 0 Å². The van der Waals surface area contributed by atoms with Gasteiger partial charge in [-0.3, -0.25) is 0 Å². The van der Waals surface area contributed by atoms with Crippen molar-refractivity contribution in [1.29, 1.82) is 0 Å². The van der Waals surface area contributed by atoms with Crippen LogP contribution in [0.1, 0.15) is 126 Å². The Morgan fingerprint density at radius 1 is 0.882 bits per heavy atom. The third kappa shape index (κ3) is 10.4. The van der Waals surface area contributed by atoms with Crippen molar-refractivity contribution in [2.24, 2.45) is 10.8 Å². The fourth-order valence-corrected chi connectivity index (χ4v) is 4.94. The molecule has 0 bridgehead atoms. The third-order valence-corrected chi connectivity index (χ3v) is 7.01. The summed E-state index contributed by atoms with van der Waals surface area (Å²) in [5, 5.41) is 0. The van der Waals surface area contributed by atoms with Crippen LogP contribution in [0.2, 0.25) is 0 Å². The molecule has 0 amide bonds. The van der Waals surface area contributed by atoms with Crippen molar-refractivity contribution >= 4 is 0 Å². The van der Waals surface area contributed by atoms with Crippen LogP contribution >= 0.6 is 0 Å². The minimum atomic E-state index is -0.355. The highest BCUT2D eigenvalue weighted by Crippen LogP contribution is 2.43. The summed E-state index contributed by atoms with van der Waals surface area (Å²) in [6.45, 7) is 28.6. The molecule has 34 heavy (non-hydrogen) atoms. The first-order valence-corrected chi connectivity index (χ1v) is 13.6. The molecular weight excluding hydrogens is 420 g/mol. The molecule has 0 radical (unpaired) electrons. The van der Waals surface area contributed by atoms with Gasteiger partial charge in [-0.15, -0.1) is 0 Å². The van der Waals surface area contributed by atoms with Crippen molar-refractivity contribution in [3.05, 3.63) is 35.4 Å². The second-order valence-electron chi connectivity index (χ2n) is 13.0. The Morgan fingerprint density at radius 2 is 1.47 bits per heavy atom. The molecule has 1 heterocycles. The highest BCUT2D eigenvalue weighted by molar-refractivity contribution is 5.26. The maximum absolute atomic E-state index is 6.30. The molecule has 3 heteroatoms. The third-order valence-electron chi connectivity index (χ3n) is 7.01. The average molecular weight is 477 g/mol. The summed E-state index contributed by atoms with van der Waals surface area (Å²) in [6.07, 6.45) is 4.82. The molecule has 2 unspecified atom stereocenters. The van der Waals surface area contributed by atoms with Crippen LogP contribution in [0, 0.1) is 10.8 Å². The van der Waals surface area contributed by atoms with Gasteiger partial charge in [-0.25, -0.2) is 0 Å². The van der Waals surface area contributed by atoms with Gasteiger partial charge < -0.3 is 14.2 Å². The van der Waals surface area contributed by atoms with Gasteiger partial charge in [0.05, 0.1) is 30.5 Å². The molecule has 1 aromatic rings. The Morgan fingerprint density at radius 3 is 1.97 bits per heavy atom. The molecule has 1 aromatic carbocycles. The number of rotatable bonds is 10. The zero-order valence-corrected chi connectivity index (χ0v) is 24.6. The van der Waals surface area contributed by atoms with Crippen molar-refractivity contribution in [3.63, 3.8) is 0 Å². The Hall–Kier alpha value is -0.900. The van der Waals surface area contributed by atoms with Crippen LogP contribution in [0.3, 0.4) is 0 Å². The van der Waals surface area contributed by atoms with Crippen molar-refractivity contribution < 1.29 is 14.2 Å². The molecule has 2 atom stereocenters. The molecule has 2 rings (SSSR count). The number of benzene rings is 1. The van der Waals surface area contributed by atoms with Gasteiger partial charge in [0, 0.05) is 6.61 Å². The first kappa shape index (κ1) is 31.1. The van der Waals surface area contributed by atoms with Gasteiger partial charge in [0.1, 0.15) is 0 Å². The number of hydrogen-bond acceptors (Lipinski definition) is 3. The van der Waals surface area contributed by atoms with Gasteiger partial charge in [0.25, 0.3) is 0 Å². The van der Waals surface area contributed by atoms with E-state index in [0.717, 1.165) is 19.4 Å². The molecule has 1 aliphatic rings. The van der Waals surface area contributed by atoms with Crippen molar-refractivity contribution in [2.75, 3.05) is 13.2 Å². The molecule has 0 saturated carbocycles. The van der Waals surface area contributed by atoms with Gasteiger partial charge in [-0.05, 0) is 81.3 Å². The van der Waals surface area contributed by atoms with E-state index in [1.54, 1.807) is 0 Å². The summed E-state index contributed by atoms with van der Waals surface area (Å²) in [5.41, 5.74) is 2.55. The number of hydrogen-bond donors (Lipinski definition) is 0. The van der Waals surface area contributed by atoms with Crippen LogP contribution in [0.4, 0.5) is 0 Å². The monoisotopic (exact) mass is 476 g/mol. The van der Waals surface area contributed by atoms with Crippen LogP contribution in [-0.2, 0) is 20.8 Å². The van der Waals surface area contributed by atoms with Crippen LogP contribution < -0.4 is 0 Å². The van der Waals surface area contributed by atoms with Crippen LogP contribution in [0.5, 0.6) is 0 Å². The maximum Gasteiger partial charge on any atom is 0.0888 e. The summed E-state index contributed by atoms with van der Waals surface area (Å²) < 4.78 is 18.5. The lowest BCUT2D eigenvalue weighted by molar-refractivity contribution is -0.178. The van der Waals surface area contributed by atoms with E-state index in [1.807, 2.05) is 13.8 Å². The molecule has 0 N–H and O–H groups in total. The summed E-state index contributed by atoms with van der Waals surface area (Å²) in [6, 6.07) is 8.99. The van der Waals surface area contributed by atoms with Gasteiger partial charge in [0.15, 0.2) is 0 Å². The fourth-order valence-electron chi connectivity index (χ4n) is 4.94. The Bertz CT molecular complexity index is 688. The molecule has 1 fully saturated rings. The van der Waals surface area contributed by atoms with E-state index < -0.39 is 0 Å². The van der Waals surface area contributed by atoms with Crippen LogP contribution in [0.15, 0.2) is 24.3 Å². The number of ether oxygens (including phenoxy) is 3. The Labute approximate surface area is 212 Å². The van der Waals surface area contributed by atoms with Gasteiger partial charge in [0.2, 0.25) is 0 Å². The Balaban J connectivity index is 0.00000281. The molecule has 3 nitrogen and oxygen atoms in total.